The molecular weight excluding hydrogens is 188 g/mol. The van der Waals surface area contributed by atoms with Crippen LogP contribution in [0.2, 0.25) is 0 Å². The van der Waals surface area contributed by atoms with Gasteiger partial charge in [0.05, 0.1) is 0 Å². The van der Waals surface area contributed by atoms with Crippen LogP contribution in [0.15, 0.2) is 0 Å². The molecule has 0 aromatic heterocycles. The van der Waals surface area contributed by atoms with Crippen molar-refractivity contribution in [1.29, 1.82) is 0 Å². The van der Waals surface area contributed by atoms with Crippen molar-refractivity contribution in [2.45, 2.75) is 38.3 Å². The van der Waals surface area contributed by atoms with Gasteiger partial charge in [-0.25, -0.2) is 0 Å². The smallest absolute Gasteiger partial charge is 0.0446 e. The van der Waals surface area contributed by atoms with E-state index in [-0.39, 0.29) is 0 Å². The summed E-state index contributed by atoms with van der Waals surface area (Å²) in [6.45, 7) is 6.22. The zero-order chi connectivity index (χ0) is 10.8. The molecule has 1 saturated carbocycles. The van der Waals surface area contributed by atoms with E-state index in [1.54, 1.807) is 0 Å². The molecule has 1 N–H and O–H groups in total. The maximum absolute atomic E-state index is 9.14. The zero-order valence-electron chi connectivity index (χ0n) is 10.0. The second-order valence-corrected chi connectivity index (χ2v) is 5.42. The molecule has 2 atom stereocenters. The maximum Gasteiger partial charge on any atom is 0.0446 e. The topological polar surface area (TPSA) is 26.7 Å². The quantitative estimate of drug-likeness (QED) is 0.749. The molecule has 88 valence electrons. The van der Waals surface area contributed by atoms with Gasteiger partial charge < -0.3 is 10.0 Å². The molecule has 0 amide bonds. The normalized spacial score (nSPS) is 35.4. The Morgan fingerprint density at radius 2 is 1.93 bits per heavy atom. The minimum Gasteiger partial charge on any atom is -0.396 e. The first-order valence-electron chi connectivity index (χ1n) is 6.26. The molecule has 1 saturated heterocycles. The summed E-state index contributed by atoms with van der Waals surface area (Å²) in [7, 11) is 2.21. The summed E-state index contributed by atoms with van der Waals surface area (Å²) in [6.07, 6.45) is 3.68. The number of likely N-dealkylation sites (N-methyl/N-ethyl adjacent to an activating group) is 1. The van der Waals surface area contributed by atoms with E-state index in [0.29, 0.717) is 12.6 Å². The molecule has 2 rings (SSSR count). The molecule has 2 fully saturated rings. The Bertz CT molecular complexity index is 206. The van der Waals surface area contributed by atoms with Crippen molar-refractivity contribution >= 4 is 0 Å². The molecule has 0 aromatic rings. The van der Waals surface area contributed by atoms with Gasteiger partial charge in [0.1, 0.15) is 0 Å². The van der Waals surface area contributed by atoms with Gasteiger partial charge in [-0.05, 0) is 32.2 Å². The van der Waals surface area contributed by atoms with Gasteiger partial charge in [-0.1, -0.05) is 6.92 Å². The Balaban J connectivity index is 2.01. The second kappa shape index (κ2) is 4.81. The summed E-state index contributed by atoms with van der Waals surface area (Å²) in [4.78, 5) is 5.08. The first kappa shape index (κ1) is 11.4. The number of hydrogen-bond donors (Lipinski definition) is 1. The van der Waals surface area contributed by atoms with E-state index in [9.17, 15) is 0 Å². The van der Waals surface area contributed by atoms with Gasteiger partial charge in [0.2, 0.25) is 0 Å². The van der Waals surface area contributed by atoms with Crippen molar-refractivity contribution in [1.82, 2.24) is 9.80 Å². The number of rotatable bonds is 3. The Hall–Kier alpha value is -0.120. The molecule has 2 aliphatic rings. The van der Waals surface area contributed by atoms with Crippen LogP contribution in [0.5, 0.6) is 0 Å². The van der Waals surface area contributed by atoms with Crippen molar-refractivity contribution in [2.24, 2.45) is 5.92 Å². The van der Waals surface area contributed by atoms with Crippen molar-refractivity contribution in [3.63, 3.8) is 0 Å². The lowest BCUT2D eigenvalue weighted by atomic mass is 10.1. The molecule has 0 bridgehead atoms. The fraction of sp³-hybridized carbons (Fsp3) is 1.00. The number of hydrogen-bond acceptors (Lipinski definition) is 3. The Labute approximate surface area is 93.1 Å². The van der Waals surface area contributed by atoms with Crippen LogP contribution >= 0.6 is 0 Å². The van der Waals surface area contributed by atoms with E-state index in [2.05, 4.69) is 23.8 Å². The molecule has 0 spiro atoms. The van der Waals surface area contributed by atoms with Crippen LogP contribution < -0.4 is 0 Å². The molecule has 1 aliphatic heterocycles. The fourth-order valence-corrected chi connectivity index (χ4v) is 2.90. The Morgan fingerprint density at radius 3 is 2.53 bits per heavy atom. The zero-order valence-corrected chi connectivity index (χ0v) is 10.0. The van der Waals surface area contributed by atoms with Gasteiger partial charge >= 0.3 is 0 Å². The van der Waals surface area contributed by atoms with E-state index in [0.717, 1.165) is 24.9 Å². The largest absolute Gasteiger partial charge is 0.396 e. The average Bonchev–Trinajstić information content (AvgIpc) is 2.95. The highest BCUT2D eigenvalue weighted by molar-refractivity contribution is 4.92. The van der Waals surface area contributed by atoms with E-state index in [1.165, 1.54) is 25.9 Å². The summed E-state index contributed by atoms with van der Waals surface area (Å²) in [6, 6.07) is 1.41. The SMILES string of the molecule is CC1CN(C)CC(CCO)N(C2CC2)C1. The monoisotopic (exact) mass is 212 g/mol. The molecule has 0 aromatic carbocycles. The van der Waals surface area contributed by atoms with Crippen LogP contribution in [0.3, 0.4) is 0 Å². The highest BCUT2D eigenvalue weighted by atomic mass is 16.3. The van der Waals surface area contributed by atoms with Crippen molar-refractivity contribution < 1.29 is 5.11 Å². The van der Waals surface area contributed by atoms with Crippen LogP contribution in [0.4, 0.5) is 0 Å². The third-order valence-corrected chi connectivity index (χ3v) is 3.62. The van der Waals surface area contributed by atoms with E-state index in [1.807, 2.05) is 0 Å². The highest BCUT2D eigenvalue weighted by Crippen LogP contribution is 2.31. The van der Waals surface area contributed by atoms with Crippen molar-refractivity contribution in [2.75, 3.05) is 33.3 Å². The van der Waals surface area contributed by atoms with Gasteiger partial charge in [0, 0.05) is 38.3 Å². The fourth-order valence-electron chi connectivity index (χ4n) is 2.90. The van der Waals surface area contributed by atoms with Gasteiger partial charge in [-0.15, -0.1) is 0 Å². The summed E-state index contributed by atoms with van der Waals surface area (Å²) in [5.74, 6) is 0.763. The highest BCUT2D eigenvalue weighted by Gasteiger charge is 2.36. The average molecular weight is 212 g/mol. The van der Waals surface area contributed by atoms with Crippen LogP contribution in [-0.2, 0) is 0 Å². The van der Waals surface area contributed by atoms with E-state index >= 15 is 0 Å². The van der Waals surface area contributed by atoms with Crippen molar-refractivity contribution in [3.05, 3.63) is 0 Å². The summed E-state index contributed by atoms with van der Waals surface area (Å²) >= 11 is 0. The third-order valence-electron chi connectivity index (χ3n) is 3.62. The number of aliphatic hydroxyl groups is 1. The minimum atomic E-state index is 0.329. The van der Waals surface area contributed by atoms with E-state index < -0.39 is 0 Å². The van der Waals surface area contributed by atoms with E-state index in [4.69, 9.17) is 5.11 Å². The molecule has 3 heteroatoms. The molecule has 1 aliphatic carbocycles. The van der Waals surface area contributed by atoms with Crippen LogP contribution in [0.25, 0.3) is 0 Å². The maximum atomic E-state index is 9.14. The van der Waals surface area contributed by atoms with Gasteiger partial charge in [-0.3, -0.25) is 4.90 Å². The first-order valence-corrected chi connectivity index (χ1v) is 6.26. The Kier molecular flexibility index (Phi) is 3.65. The van der Waals surface area contributed by atoms with Crippen LogP contribution in [-0.4, -0.2) is 60.3 Å². The molecule has 2 unspecified atom stereocenters. The molecule has 3 nitrogen and oxygen atoms in total. The predicted octanol–water partition coefficient (Wildman–Crippen LogP) is 0.783. The van der Waals surface area contributed by atoms with Crippen LogP contribution in [0.1, 0.15) is 26.2 Å². The first-order chi connectivity index (χ1) is 7.20. The van der Waals surface area contributed by atoms with Crippen LogP contribution in [0, 0.1) is 5.92 Å². The molecule has 0 radical (unpaired) electrons. The molecule has 15 heavy (non-hydrogen) atoms. The second-order valence-electron chi connectivity index (χ2n) is 5.42. The summed E-state index contributed by atoms with van der Waals surface area (Å²) in [5.41, 5.74) is 0. The lowest BCUT2D eigenvalue weighted by molar-refractivity contribution is 0.138. The van der Waals surface area contributed by atoms with Gasteiger partial charge in [0.25, 0.3) is 0 Å². The Morgan fingerprint density at radius 1 is 1.20 bits per heavy atom. The third kappa shape index (κ3) is 2.92. The number of aliphatic hydroxyl groups excluding tert-OH is 1. The van der Waals surface area contributed by atoms with Gasteiger partial charge in [-0.2, -0.15) is 0 Å². The predicted molar refractivity (Wildman–Crippen MR) is 61.9 cm³/mol. The van der Waals surface area contributed by atoms with Gasteiger partial charge in [0.15, 0.2) is 0 Å². The molecule has 1 heterocycles. The molecular formula is C12H24N2O. The lowest BCUT2D eigenvalue weighted by Crippen LogP contribution is -2.42. The standard InChI is InChI=1S/C12H24N2O/c1-10-7-13(2)9-12(5-6-15)14(8-10)11-3-4-11/h10-12,15H,3-9H2,1-2H3. The summed E-state index contributed by atoms with van der Waals surface area (Å²) in [5, 5.41) is 9.14. The summed E-state index contributed by atoms with van der Waals surface area (Å²) < 4.78 is 0. The minimum absolute atomic E-state index is 0.329. The van der Waals surface area contributed by atoms with Crippen molar-refractivity contribution in [3.8, 4) is 0 Å². The lowest BCUT2D eigenvalue weighted by Gasteiger charge is -2.31. The number of nitrogens with zero attached hydrogens (tertiary/aromatic N) is 2.